The van der Waals surface area contributed by atoms with Crippen LogP contribution in [0.4, 0.5) is 0 Å². The van der Waals surface area contributed by atoms with Crippen LogP contribution in [0.2, 0.25) is 0 Å². The highest BCUT2D eigenvalue weighted by molar-refractivity contribution is 5.88. The minimum Gasteiger partial charge on any atom is -0.299 e. The van der Waals surface area contributed by atoms with E-state index in [9.17, 15) is 4.79 Å². The van der Waals surface area contributed by atoms with Gasteiger partial charge in [0.15, 0.2) is 0 Å². The van der Waals surface area contributed by atoms with Crippen molar-refractivity contribution in [2.24, 2.45) is 46.8 Å². The Kier molecular flexibility index (Phi) is 4.53. The third-order valence-corrected chi connectivity index (χ3v) is 8.40. The molecule has 0 radical (unpaired) electrons. The Labute approximate surface area is 143 Å². The van der Waals surface area contributed by atoms with Gasteiger partial charge < -0.3 is 0 Å². The quantitative estimate of drug-likeness (QED) is 0.591. The monoisotopic (exact) mass is 316 g/mol. The van der Waals surface area contributed by atoms with E-state index < -0.39 is 0 Å². The lowest BCUT2D eigenvalue weighted by Crippen LogP contribution is -2.48. The zero-order valence-corrected chi connectivity index (χ0v) is 16.1. The van der Waals surface area contributed by atoms with Crippen LogP contribution in [0.3, 0.4) is 0 Å². The lowest BCUT2D eigenvalue weighted by Gasteiger charge is -2.52. The Morgan fingerprint density at radius 1 is 1.17 bits per heavy atom. The van der Waals surface area contributed by atoms with Gasteiger partial charge in [0.05, 0.1) is 0 Å². The summed E-state index contributed by atoms with van der Waals surface area (Å²) in [5.74, 6) is 5.55. The van der Waals surface area contributed by atoms with E-state index in [0.29, 0.717) is 17.6 Å². The molecule has 1 nitrogen and oxygen atoms in total. The van der Waals surface area contributed by atoms with Crippen LogP contribution >= 0.6 is 0 Å². The second kappa shape index (κ2) is 6.05. The largest absolute Gasteiger partial charge is 0.299 e. The van der Waals surface area contributed by atoms with E-state index in [4.69, 9.17) is 0 Å². The zero-order valence-electron chi connectivity index (χ0n) is 16.1. The molecule has 0 saturated heterocycles. The Morgan fingerprint density at radius 3 is 2.48 bits per heavy atom. The third kappa shape index (κ3) is 2.72. The van der Waals surface area contributed by atoms with Crippen molar-refractivity contribution in [3.05, 3.63) is 11.6 Å². The van der Waals surface area contributed by atoms with Crippen LogP contribution in [0.5, 0.6) is 0 Å². The van der Waals surface area contributed by atoms with E-state index in [-0.39, 0.29) is 5.41 Å². The van der Waals surface area contributed by atoms with Crippen LogP contribution in [0.25, 0.3) is 0 Å². The number of carbonyl (C=O) groups excluding carboxylic acids is 1. The summed E-state index contributed by atoms with van der Waals surface area (Å²) in [6.45, 7) is 13.9. The smallest absolute Gasteiger partial charge is 0.142 e. The number of allylic oxidation sites excluding steroid dienone is 2. The average molecular weight is 317 g/mol. The van der Waals surface area contributed by atoms with Gasteiger partial charge in [0, 0.05) is 11.3 Å². The molecule has 3 aliphatic rings. The number of hydrogen-bond acceptors (Lipinski definition) is 1. The van der Waals surface area contributed by atoms with Gasteiger partial charge in [0.25, 0.3) is 0 Å². The van der Waals surface area contributed by atoms with E-state index in [0.717, 1.165) is 36.0 Å². The van der Waals surface area contributed by atoms with E-state index in [1.165, 1.54) is 31.3 Å². The lowest BCUT2D eigenvalue weighted by molar-refractivity contribution is -0.140. The molecule has 0 heterocycles. The summed E-state index contributed by atoms with van der Waals surface area (Å²) >= 11 is 0. The standard InChI is InChI=1S/C22H36O/c1-7-13(2)10-18-14(3)15(4)19(18)11-20-16(5)17-8-9-22(6,12-17)21(20)23/h7,14-20H,8-12H2,1-6H3. The molecular formula is C22H36O. The molecule has 0 aliphatic heterocycles. The minimum atomic E-state index is 0.0230. The summed E-state index contributed by atoms with van der Waals surface area (Å²) in [6.07, 6.45) is 8.28. The van der Waals surface area contributed by atoms with Crippen molar-refractivity contribution in [2.45, 2.75) is 73.6 Å². The zero-order chi connectivity index (χ0) is 16.9. The molecule has 130 valence electrons. The van der Waals surface area contributed by atoms with E-state index in [2.05, 4.69) is 47.6 Å². The number of rotatable bonds is 4. The summed E-state index contributed by atoms with van der Waals surface area (Å²) in [7, 11) is 0. The van der Waals surface area contributed by atoms with E-state index in [1.54, 1.807) is 0 Å². The molecule has 3 fully saturated rings. The van der Waals surface area contributed by atoms with Gasteiger partial charge in [-0.15, -0.1) is 0 Å². The summed E-state index contributed by atoms with van der Waals surface area (Å²) < 4.78 is 0. The van der Waals surface area contributed by atoms with Crippen molar-refractivity contribution in [1.29, 1.82) is 0 Å². The first kappa shape index (κ1) is 17.2. The van der Waals surface area contributed by atoms with E-state index in [1.807, 2.05) is 0 Å². The Bertz CT molecular complexity index is 504. The maximum atomic E-state index is 13.2. The molecule has 8 unspecified atom stereocenters. The molecule has 3 saturated carbocycles. The highest BCUT2D eigenvalue weighted by atomic mass is 16.1. The van der Waals surface area contributed by atoms with E-state index >= 15 is 0 Å². The fourth-order valence-electron chi connectivity index (χ4n) is 6.22. The second-order valence-electron chi connectivity index (χ2n) is 9.51. The van der Waals surface area contributed by atoms with Crippen molar-refractivity contribution in [2.75, 3.05) is 0 Å². The summed E-state index contributed by atoms with van der Waals surface area (Å²) in [5.41, 5.74) is 1.55. The predicted octanol–water partition coefficient (Wildman–Crippen LogP) is 5.89. The van der Waals surface area contributed by atoms with Crippen molar-refractivity contribution >= 4 is 5.78 Å². The fraction of sp³-hybridized carbons (Fsp3) is 0.864. The number of fused-ring (bicyclic) bond motifs is 2. The topological polar surface area (TPSA) is 17.1 Å². The van der Waals surface area contributed by atoms with Gasteiger partial charge in [0.1, 0.15) is 5.78 Å². The van der Waals surface area contributed by atoms with Crippen LogP contribution in [0, 0.1) is 46.8 Å². The Hall–Kier alpha value is -0.590. The molecule has 0 spiro atoms. The lowest BCUT2D eigenvalue weighted by atomic mass is 9.52. The first-order valence-electron chi connectivity index (χ1n) is 9.94. The molecule has 23 heavy (non-hydrogen) atoms. The molecule has 2 bridgehead atoms. The molecule has 0 aromatic carbocycles. The van der Waals surface area contributed by atoms with Gasteiger partial charge in [0.2, 0.25) is 0 Å². The molecule has 3 rings (SSSR count). The highest BCUT2D eigenvalue weighted by Crippen LogP contribution is 2.58. The highest BCUT2D eigenvalue weighted by Gasteiger charge is 2.55. The predicted molar refractivity (Wildman–Crippen MR) is 97.1 cm³/mol. The van der Waals surface area contributed by atoms with Gasteiger partial charge in [-0.1, -0.05) is 39.3 Å². The summed E-state index contributed by atoms with van der Waals surface area (Å²) in [6, 6.07) is 0. The SMILES string of the molecule is CC=C(C)CC1C(C)C(C)C1CC1C(=O)C2(C)CCC(C2)C1C. The third-order valence-electron chi connectivity index (χ3n) is 8.40. The number of ketones is 1. The molecule has 1 heteroatoms. The maximum Gasteiger partial charge on any atom is 0.142 e. The average Bonchev–Trinajstić information content (AvgIpc) is 2.92. The number of Topliss-reactive ketones (excluding diaryl/α,β-unsaturated/α-hetero) is 1. The number of hydrogen-bond donors (Lipinski definition) is 0. The Balaban J connectivity index is 1.73. The van der Waals surface area contributed by atoms with Gasteiger partial charge >= 0.3 is 0 Å². The van der Waals surface area contributed by atoms with Crippen LogP contribution in [-0.4, -0.2) is 5.78 Å². The first-order chi connectivity index (χ1) is 10.8. The van der Waals surface area contributed by atoms with Crippen molar-refractivity contribution in [3.63, 3.8) is 0 Å². The van der Waals surface area contributed by atoms with Crippen molar-refractivity contribution in [1.82, 2.24) is 0 Å². The van der Waals surface area contributed by atoms with Crippen LogP contribution < -0.4 is 0 Å². The molecule has 8 atom stereocenters. The molecule has 0 amide bonds. The van der Waals surface area contributed by atoms with Crippen molar-refractivity contribution < 1.29 is 4.79 Å². The van der Waals surface area contributed by atoms with Crippen LogP contribution in [0.15, 0.2) is 11.6 Å². The van der Waals surface area contributed by atoms with Crippen LogP contribution in [0.1, 0.15) is 73.6 Å². The molecular weight excluding hydrogens is 280 g/mol. The molecule has 0 aromatic rings. The van der Waals surface area contributed by atoms with Gasteiger partial charge in [-0.3, -0.25) is 4.79 Å². The van der Waals surface area contributed by atoms with Gasteiger partial charge in [-0.05, 0) is 81.5 Å². The molecule has 0 N–H and O–H groups in total. The summed E-state index contributed by atoms with van der Waals surface area (Å²) in [4.78, 5) is 13.2. The fourth-order valence-corrected chi connectivity index (χ4v) is 6.22. The van der Waals surface area contributed by atoms with Gasteiger partial charge in [-0.2, -0.15) is 0 Å². The molecule has 3 aliphatic carbocycles. The minimum absolute atomic E-state index is 0.0230. The normalized spacial score (nSPS) is 50.1. The van der Waals surface area contributed by atoms with Gasteiger partial charge in [-0.25, -0.2) is 0 Å². The molecule has 0 aromatic heterocycles. The van der Waals surface area contributed by atoms with Crippen LogP contribution in [-0.2, 0) is 4.79 Å². The number of carbonyl (C=O) groups is 1. The maximum absolute atomic E-state index is 13.2. The first-order valence-corrected chi connectivity index (χ1v) is 9.94. The second-order valence-corrected chi connectivity index (χ2v) is 9.51. The summed E-state index contributed by atoms with van der Waals surface area (Å²) in [5, 5.41) is 0. The van der Waals surface area contributed by atoms with Crippen molar-refractivity contribution in [3.8, 4) is 0 Å². The Morgan fingerprint density at radius 2 is 1.83 bits per heavy atom.